The monoisotopic (exact) mass is 425 g/mol. The van der Waals surface area contributed by atoms with Gasteiger partial charge in [-0.2, -0.15) is 4.31 Å². The maximum atomic E-state index is 12.8. The average molecular weight is 426 g/mol. The molecule has 0 aliphatic carbocycles. The Labute approximate surface area is 173 Å². The van der Waals surface area contributed by atoms with Crippen molar-refractivity contribution < 1.29 is 22.7 Å². The highest BCUT2D eigenvalue weighted by molar-refractivity contribution is 7.89. The molecule has 1 aliphatic heterocycles. The first-order chi connectivity index (χ1) is 13.7. The Bertz CT molecular complexity index is 844. The normalized spacial score (nSPS) is 14.9. The van der Waals surface area contributed by atoms with Gasteiger partial charge in [-0.1, -0.05) is 13.8 Å². The van der Waals surface area contributed by atoms with Crippen molar-refractivity contribution in [2.24, 2.45) is 0 Å². The van der Waals surface area contributed by atoms with Gasteiger partial charge in [0.2, 0.25) is 21.8 Å². The predicted octanol–water partition coefficient (Wildman–Crippen LogP) is 1.91. The van der Waals surface area contributed by atoms with Crippen molar-refractivity contribution in [3.8, 4) is 0 Å². The van der Waals surface area contributed by atoms with Gasteiger partial charge in [-0.3, -0.25) is 9.59 Å². The number of amides is 2. The lowest BCUT2D eigenvalue weighted by Crippen LogP contribution is -2.40. The highest BCUT2D eigenvalue weighted by Gasteiger charge is 2.24. The van der Waals surface area contributed by atoms with E-state index in [1.165, 1.54) is 10.4 Å². The zero-order valence-corrected chi connectivity index (χ0v) is 18.5. The van der Waals surface area contributed by atoms with Crippen LogP contribution in [-0.2, 0) is 24.3 Å². The van der Waals surface area contributed by atoms with Gasteiger partial charge in [0.1, 0.15) is 0 Å². The van der Waals surface area contributed by atoms with Crippen LogP contribution >= 0.6 is 0 Å². The Morgan fingerprint density at radius 1 is 1.10 bits per heavy atom. The number of benzene rings is 1. The van der Waals surface area contributed by atoms with E-state index in [0.717, 1.165) is 11.1 Å². The molecule has 1 saturated heterocycles. The maximum Gasteiger partial charge on any atom is 0.243 e. The van der Waals surface area contributed by atoms with Gasteiger partial charge < -0.3 is 15.0 Å². The summed E-state index contributed by atoms with van der Waals surface area (Å²) in [4.78, 5) is 26.5. The van der Waals surface area contributed by atoms with Gasteiger partial charge in [-0.05, 0) is 37.1 Å². The van der Waals surface area contributed by atoms with E-state index < -0.39 is 10.0 Å². The molecular formula is C20H31N3O5S. The van der Waals surface area contributed by atoms with Gasteiger partial charge in [-0.15, -0.1) is 0 Å². The largest absolute Gasteiger partial charge is 0.378 e. The Kier molecular flexibility index (Phi) is 8.18. The summed E-state index contributed by atoms with van der Waals surface area (Å²) in [6, 6.07) is 3.12. The fourth-order valence-electron chi connectivity index (χ4n) is 3.22. The lowest BCUT2D eigenvalue weighted by atomic mass is 10.1. The molecule has 1 aliphatic rings. The Hall–Kier alpha value is -1.97. The summed E-state index contributed by atoms with van der Waals surface area (Å²) in [5.41, 5.74) is 2.04. The molecule has 1 aromatic carbocycles. The minimum Gasteiger partial charge on any atom is -0.378 e. The van der Waals surface area contributed by atoms with E-state index >= 15 is 0 Å². The second-order valence-corrected chi connectivity index (χ2v) is 8.98. The fourth-order valence-corrected chi connectivity index (χ4v) is 4.79. The summed E-state index contributed by atoms with van der Waals surface area (Å²) < 4.78 is 32.3. The summed E-state index contributed by atoms with van der Waals surface area (Å²) in [5.74, 6) is -0.388. The molecule has 0 radical (unpaired) electrons. The fraction of sp³-hybridized carbons (Fsp3) is 0.600. The standard InChI is InChI=1S/C20H31N3O5S/c1-5-23(6-2)29(26,27)17-13-15(3)16(4)18(14-17)21-19(24)7-8-20(25)22-9-11-28-12-10-22/h13-14H,5-12H2,1-4H3,(H,21,24). The van der Waals surface area contributed by atoms with Gasteiger partial charge in [0, 0.05) is 44.7 Å². The quantitative estimate of drug-likeness (QED) is 0.686. The van der Waals surface area contributed by atoms with Crippen LogP contribution in [0.15, 0.2) is 17.0 Å². The topological polar surface area (TPSA) is 96.0 Å². The Morgan fingerprint density at radius 2 is 1.72 bits per heavy atom. The number of sulfonamides is 1. The van der Waals surface area contributed by atoms with Crippen LogP contribution in [-0.4, -0.2) is 68.8 Å². The molecule has 1 aromatic rings. The number of carbonyl (C=O) groups is 2. The van der Waals surface area contributed by atoms with Gasteiger partial charge >= 0.3 is 0 Å². The minimum absolute atomic E-state index is 0.0434. The van der Waals surface area contributed by atoms with Crippen LogP contribution in [0.5, 0.6) is 0 Å². The lowest BCUT2D eigenvalue weighted by Gasteiger charge is -2.26. The molecule has 0 saturated carbocycles. The third kappa shape index (κ3) is 5.77. The number of hydrogen-bond donors (Lipinski definition) is 1. The number of carbonyl (C=O) groups excluding carboxylic acids is 2. The third-order valence-corrected chi connectivity index (χ3v) is 7.22. The number of hydrogen-bond acceptors (Lipinski definition) is 5. The number of nitrogens with one attached hydrogen (secondary N) is 1. The molecule has 9 heteroatoms. The molecule has 8 nitrogen and oxygen atoms in total. The van der Waals surface area contributed by atoms with Crippen LogP contribution in [0.4, 0.5) is 5.69 Å². The van der Waals surface area contributed by atoms with Crippen molar-refractivity contribution in [2.75, 3.05) is 44.7 Å². The van der Waals surface area contributed by atoms with Crippen LogP contribution < -0.4 is 5.32 Å². The summed E-state index contributed by atoms with van der Waals surface area (Å²) in [6.45, 7) is 10.1. The highest BCUT2D eigenvalue weighted by Crippen LogP contribution is 2.26. The highest BCUT2D eigenvalue weighted by atomic mass is 32.2. The van der Waals surface area contributed by atoms with Crippen LogP contribution in [0.3, 0.4) is 0 Å². The van der Waals surface area contributed by atoms with Crippen molar-refractivity contribution >= 4 is 27.5 Å². The van der Waals surface area contributed by atoms with E-state index in [-0.39, 0.29) is 29.6 Å². The van der Waals surface area contributed by atoms with Crippen molar-refractivity contribution in [1.29, 1.82) is 0 Å². The number of anilines is 1. The molecular weight excluding hydrogens is 394 g/mol. The zero-order chi connectivity index (χ0) is 21.6. The summed E-state index contributed by atoms with van der Waals surface area (Å²) in [6.07, 6.45) is 0.156. The molecule has 0 atom stereocenters. The third-order valence-electron chi connectivity index (χ3n) is 5.19. The molecule has 0 bridgehead atoms. The van der Waals surface area contributed by atoms with Gasteiger partial charge in [0.05, 0.1) is 18.1 Å². The van der Waals surface area contributed by atoms with Crippen molar-refractivity contribution in [3.63, 3.8) is 0 Å². The van der Waals surface area contributed by atoms with Gasteiger partial charge in [-0.25, -0.2) is 8.42 Å². The van der Waals surface area contributed by atoms with E-state index in [4.69, 9.17) is 4.74 Å². The molecule has 2 rings (SSSR count). The number of rotatable bonds is 8. The number of ether oxygens (including phenoxy) is 1. The van der Waals surface area contributed by atoms with Gasteiger partial charge in [0.15, 0.2) is 0 Å². The van der Waals surface area contributed by atoms with Crippen LogP contribution in [0, 0.1) is 13.8 Å². The summed E-state index contributed by atoms with van der Waals surface area (Å²) in [7, 11) is -3.63. The zero-order valence-electron chi connectivity index (χ0n) is 17.7. The predicted molar refractivity (Wildman–Crippen MR) is 111 cm³/mol. The smallest absolute Gasteiger partial charge is 0.243 e. The first-order valence-electron chi connectivity index (χ1n) is 9.97. The Morgan fingerprint density at radius 3 is 2.31 bits per heavy atom. The van der Waals surface area contributed by atoms with E-state index in [1.54, 1.807) is 24.8 Å². The van der Waals surface area contributed by atoms with Crippen LogP contribution in [0.1, 0.15) is 37.8 Å². The first-order valence-corrected chi connectivity index (χ1v) is 11.4. The number of morpholine rings is 1. The molecule has 29 heavy (non-hydrogen) atoms. The maximum absolute atomic E-state index is 12.8. The molecule has 0 spiro atoms. The molecule has 162 valence electrons. The average Bonchev–Trinajstić information content (AvgIpc) is 2.70. The number of aryl methyl sites for hydroxylation is 1. The van der Waals surface area contributed by atoms with E-state index in [2.05, 4.69) is 5.32 Å². The molecule has 1 fully saturated rings. The van der Waals surface area contributed by atoms with Crippen LogP contribution in [0.2, 0.25) is 0 Å². The Balaban J connectivity index is 2.10. The van der Waals surface area contributed by atoms with Crippen molar-refractivity contribution in [2.45, 2.75) is 45.4 Å². The molecule has 2 amide bonds. The minimum atomic E-state index is -3.63. The second-order valence-electron chi connectivity index (χ2n) is 7.04. The summed E-state index contributed by atoms with van der Waals surface area (Å²) >= 11 is 0. The van der Waals surface area contributed by atoms with E-state index in [9.17, 15) is 18.0 Å². The number of nitrogens with zero attached hydrogens (tertiary/aromatic N) is 2. The van der Waals surface area contributed by atoms with Crippen LogP contribution in [0.25, 0.3) is 0 Å². The first kappa shape index (κ1) is 23.3. The van der Waals surface area contributed by atoms with Crippen molar-refractivity contribution in [3.05, 3.63) is 23.3 Å². The molecule has 0 aromatic heterocycles. The van der Waals surface area contributed by atoms with E-state index in [1.807, 2.05) is 13.8 Å². The lowest BCUT2D eigenvalue weighted by molar-refractivity contribution is -0.136. The summed E-state index contributed by atoms with van der Waals surface area (Å²) in [5, 5.41) is 2.78. The molecule has 1 N–H and O–H groups in total. The SMILES string of the molecule is CCN(CC)S(=O)(=O)c1cc(C)c(C)c(NC(=O)CCC(=O)N2CCOCC2)c1. The van der Waals surface area contributed by atoms with Crippen molar-refractivity contribution in [1.82, 2.24) is 9.21 Å². The molecule has 0 unspecified atom stereocenters. The van der Waals surface area contributed by atoms with Gasteiger partial charge in [0.25, 0.3) is 0 Å². The molecule has 1 heterocycles. The van der Waals surface area contributed by atoms with E-state index in [0.29, 0.717) is 45.1 Å². The second kappa shape index (κ2) is 10.2.